The Bertz CT molecular complexity index is 321. The monoisotopic (exact) mass is 225 g/mol. The van der Waals surface area contributed by atoms with E-state index in [9.17, 15) is 22.4 Å². The number of hydrogen-bond acceptors (Lipinski definition) is 2. The molecule has 0 radical (unpaired) electrons. The number of carbonyl (C=O) groups is 1. The van der Waals surface area contributed by atoms with Crippen molar-refractivity contribution in [1.29, 1.82) is 0 Å². The van der Waals surface area contributed by atoms with Crippen LogP contribution < -0.4 is 5.48 Å². The first-order chi connectivity index (χ1) is 6.86. The van der Waals surface area contributed by atoms with Crippen LogP contribution in [0.4, 0.5) is 17.6 Å². The quantitative estimate of drug-likeness (QED) is 0.307. The van der Waals surface area contributed by atoms with Gasteiger partial charge in [0.2, 0.25) is 0 Å². The Morgan fingerprint density at radius 3 is 2.47 bits per heavy atom. The molecule has 1 aliphatic carbocycles. The Hall–Kier alpha value is -1.37. The number of hydroxylamine groups is 1. The van der Waals surface area contributed by atoms with Gasteiger partial charge in [-0.2, -0.15) is 13.2 Å². The van der Waals surface area contributed by atoms with Crippen LogP contribution in [-0.4, -0.2) is 23.5 Å². The summed E-state index contributed by atoms with van der Waals surface area (Å²) in [5.74, 6) is -3.54. The highest BCUT2D eigenvalue weighted by Crippen LogP contribution is 2.35. The molecule has 0 aromatic carbocycles. The summed E-state index contributed by atoms with van der Waals surface area (Å²) in [6, 6.07) is 0. The number of amides is 1. The van der Waals surface area contributed by atoms with E-state index in [0.717, 1.165) is 5.48 Å². The maximum atomic E-state index is 12.7. The third-order valence-corrected chi connectivity index (χ3v) is 1.88. The predicted octanol–water partition coefficient (Wildman–Crippen LogP) is 1.50. The van der Waals surface area contributed by atoms with Crippen LogP contribution in [0.3, 0.4) is 0 Å². The summed E-state index contributed by atoms with van der Waals surface area (Å²) in [6.45, 7) is 0. The maximum Gasteiger partial charge on any atom is 0.399 e. The van der Waals surface area contributed by atoms with Gasteiger partial charge in [-0.25, -0.2) is 9.87 Å². The zero-order valence-corrected chi connectivity index (χ0v) is 7.25. The summed E-state index contributed by atoms with van der Waals surface area (Å²) in [5.41, 5.74) is 0.202. The molecule has 2 atom stereocenters. The van der Waals surface area contributed by atoms with Crippen molar-refractivity contribution >= 4 is 5.91 Å². The van der Waals surface area contributed by atoms with Crippen LogP contribution in [0.1, 0.15) is 0 Å². The van der Waals surface area contributed by atoms with Crippen LogP contribution in [0.15, 0.2) is 23.8 Å². The van der Waals surface area contributed by atoms with E-state index in [0.29, 0.717) is 18.2 Å². The van der Waals surface area contributed by atoms with Gasteiger partial charge in [-0.15, -0.1) is 0 Å². The third kappa shape index (κ3) is 2.56. The Kier molecular flexibility index (Phi) is 3.13. The first-order valence-electron chi connectivity index (χ1n) is 3.91. The van der Waals surface area contributed by atoms with Gasteiger partial charge in [0.05, 0.1) is 0 Å². The molecule has 2 N–H and O–H groups in total. The van der Waals surface area contributed by atoms with Crippen molar-refractivity contribution in [2.24, 2.45) is 5.92 Å². The summed E-state index contributed by atoms with van der Waals surface area (Å²) in [7, 11) is 0. The Morgan fingerprint density at radius 2 is 2.00 bits per heavy atom. The van der Waals surface area contributed by atoms with Crippen molar-refractivity contribution < 1.29 is 27.6 Å². The molecule has 0 saturated carbocycles. The van der Waals surface area contributed by atoms with Gasteiger partial charge in [-0.1, -0.05) is 6.08 Å². The minimum absolute atomic E-state index is 0.518. The van der Waals surface area contributed by atoms with Gasteiger partial charge in [-0.3, -0.25) is 10.0 Å². The molecule has 0 aliphatic heterocycles. The summed E-state index contributed by atoms with van der Waals surface area (Å²) in [6.07, 6.45) is -4.67. The zero-order valence-electron chi connectivity index (χ0n) is 7.25. The van der Waals surface area contributed by atoms with E-state index < -0.39 is 29.7 Å². The Morgan fingerprint density at radius 1 is 1.40 bits per heavy atom. The molecule has 0 saturated heterocycles. The molecule has 1 aliphatic rings. The lowest BCUT2D eigenvalue weighted by atomic mass is 9.91. The fourth-order valence-electron chi connectivity index (χ4n) is 1.22. The molecule has 1 rings (SSSR count). The van der Waals surface area contributed by atoms with Gasteiger partial charge in [0, 0.05) is 5.57 Å². The first kappa shape index (κ1) is 11.7. The lowest BCUT2D eigenvalue weighted by Gasteiger charge is -2.22. The van der Waals surface area contributed by atoms with Crippen LogP contribution in [0.5, 0.6) is 0 Å². The molecule has 84 valence electrons. The van der Waals surface area contributed by atoms with E-state index in [1.807, 2.05) is 0 Å². The highest BCUT2D eigenvalue weighted by Gasteiger charge is 2.43. The van der Waals surface area contributed by atoms with Crippen LogP contribution >= 0.6 is 0 Å². The van der Waals surface area contributed by atoms with Gasteiger partial charge in [0.15, 0.2) is 0 Å². The molecule has 0 aromatic rings. The van der Waals surface area contributed by atoms with Crippen molar-refractivity contribution in [2.75, 3.05) is 0 Å². The van der Waals surface area contributed by atoms with E-state index in [2.05, 4.69) is 0 Å². The normalized spacial score (nSPS) is 26.1. The molecule has 0 spiro atoms. The SMILES string of the molecule is O=C(NO)C1=CC(F)C=CC1C(F)(F)F. The van der Waals surface area contributed by atoms with Crippen LogP contribution in [0.25, 0.3) is 0 Å². The number of alkyl halides is 4. The Balaban J connectivity index is 3.02. The molecule has 0 aromatic heterocycles. The summed E-state index contributed by atoms with van der Waals surface area (Å²) in [5, 5.41) is 8.20. The third-order valence-electron chi connectivity index (χ3n) is 1.88. The summed E-state index contributed by atoms with van der Waals surface area (Å²) in [4.78, 5) is 10.8. The van der Waals surface area contributed by atoms with Crippen LogP contribution in [0.2, 0.25) is 0 Å². The standard InChI is InChI=1S/C8H7F4NO2/c9-4-1-2-6(8(10,11)12)5(3-4)7(14)13-15/h1-4,6,15H,(H,13,14). The second-order valence-electron chi connectivity index (χ2n) is 2.91. The second-order valence-corrected chi connectivity index (χ2v) is 2.91. The maximum absolute atomic E-state index is 12.7. The fourth-order valence-corrected chi connectivity index (χ4v) is 1.22. The molecule has 15 heavy (non-hydrogen) atoms. The van der Waals surface area contributed by atoms with Gasteiger partial charge >= 0.3 is 6.18 Å². The highest BCUT2D eigenvalue weighted by molar-refractivity contribution is 5.94. The van der Waals surface area contributed by atoms with Crippen molar-refractivity contribution in [3.8, 4) is 0 Å². The minimum Gasteiger partial charge on any atom is -0.288 e. The smallest absolute Gasteiger partial charge is 0.288 e. The molecule has 2 unspecified atom stereocenters. The van der Waals surface area contributed by atoms with Gasteiger partial charge < -0.3 is 0 Å². The first-order valence-corrected chi connectivity index (χ1v) is 3.91. The van der Waals surface area contributed by atoms with Gasteiger partial charge in [-0.05, 0) is 12.2 Å². The van der Waals surface area contributed by atoms with Crippen LogP contribution in [0, 0.1) is 5.92 Å². The minimum atomic E-state index is -4.69. The molecular weight excluding hydrogens is 218 g/mol. The largest absolute Gasteiger partial charge is 0.399 e. The van der Waals surface area contributed by atoms with Crippen molar-refractivity contribution in [1.82, 2.24) is 5.48 Å². The Labute approximate surface area is 82.0 Å². The van der Waals surface area contributed by atoms with E-state index in [1.54, 1.807) is 0 Å². The van der Waals surface area contributed by atoms with Crippen molar-refractivity contribution in [2.45, 2.75) is 12.3 Å². The zero-order chi connectivity index (χ0) is 11.6. The molecular formula is C8H7F4NO2. The topological polar surface area (TPSA) is 49.3 Å². The molecule has 3 nitrogen and oxygen atoms in total. The number of rotatable bonds is 1. The lowest BCUT2D eigenvalue weighted by Crippen LogP contribution is -2.34. The predicted molar refractivity (Wildman–Crippen MR) is 41.6 cm³/mol. The number of nitrogens with one attached hydrogen (secondary N) is 1. The highest BCUT2D eigenvalue weighted by atomic mass is 19.4. The molecule has 1 amide bonds. The summed E-state index contributed by atoms with van der Waals surface area (Å²) < 4.78 is 49.7. The van der Waals surface area contributed by atoms with Gasteiger partial charge in [0.1, 0.15) is 12.1 Å². The van der Waals surface area contributed by atoms with E-state index in [4.69, 9.17) is 5.21 Å². The average molecular weight is 225 g/mol. The molecule has 7 heteroatoms. The number of carbonyl (C=O) groups excluding carboxylic acids is 1. The fraction of sp³-hybridized carbons (Fsp3) is 0.375. The van der Waals surface area contributed by atoms with E-state index in [1.165, 1.54) is 0 Å². The average Bonchev–Trinajstić information content (AvgIpc) is 2.14. The lowest BCUT2D eigenvalue weighted by molar-refractivity contribution is -0.157. The number of hydrogen-bond donors (Lipinski definition) is 2. The van der Waals surface area contributed by atoms with E-state index >= 15 is 0 Å². The number of halogens is 4. The van der Waals surface area contributed by atoms with Crippen LogP contribution in [-0.2, 0) is 4.79 Å². The molecule has 0 fully saturated rings. The van der Waals surface area contributed by atoms with E-state index in [-0.39, 0.29) is 0 Å². The van der Waals surface area contributed by atoms with Crippen molar-refractivity contribution in [3.05, 3.63) is 23.8 Å². The molecule has 0 heterocycles. The second kappa shape index (κ2) is 4.01. The van der Waals surface area contributed by atoms with Gasteiger partial charge in [0.25, 0.3) is 5.91 Å². The molecule has 0 bridgehead atoms. The van der Waals surface area contributed by atoms with Crippen molar-refractivity contribution in [3.63, 3.8) is 0 Å². The number of allylic oxidation sites excluding steroid dienone is 3. The summed E-state index contributed by atoms with van der Waals surface area (Å²) >= 11 is 0.